The molecular formula is C21H22FN3O2. The van der Waals surface area contributed by atoms with Gasteiger partial charge in [-0.15, -0.1) is 0 Å². The summed E-state index contributed by atoms with van der Waals surface area (Å²) in [6, 6.07) is 12.7. The predicted molar refractivity (Wildman–Crippen MR) is 104 cm³/mol. The number of carbonyl (C=O) groups is 2. The van der Waals surface area contributed by atoms with E-state index in [2.05, 4.69) is 10.6 Å². The number of carbonyl (C=O) groups excluding carboxylic acids is 2. The fraction of sp³-hybridized carbons (Fsp3) is 0.238. The molecule has 6 heteroatoms. The molecule has 140 valence electrons. The van der Waals surface area contributed by atoms with Crippen molar-refractivity contribution in [2.45, 2.75) is 13.8 Å². The minimum Gasteiger partial charge on any atom is -0.351 e. The highest BCUT2D eigenvalue weighted by Crippen LogP contribution is 2.23. The fourth-order valence-electron chi connectivity index (χ4n) is 2.87. The molecule has 0 radical (unpaired) electrons. The lowest BCUT2D eigenvalue weighted by atomic mass is 10.2. The van der Waals surface area contributed by atoms with Gasteiger partial charge >= 0.3 is 0 Å². The van der Waals surface area contributed by atoms with Gasteiger partial charge < -0.3 is 15.2 Å². The van der Waals surface area contributed by atoms with Crippen molar-refractivity contribution in [3.8, 4) is 0 Å². The molecule has 2 N–H and O–H groups in total. The molecule has 2 amide bonds. The molecule has 27 heavy (non-hydrogen) atoms. The molecule has 0 aliphatic heterocycles. The largest absolute Gasteiger partial charge is 0.351 e. The first-order valence-corrected chi connectivity index (χ1v) is 8.79. The van der Waals surface area contributed by atoms with Crippen molar-refractivity contribution in [3.63, 3.8) is 0 Å². The standard InChI is InChI=1S/C21H22FN3O2/c1-13(2)12-23-21(27)19-11-15-10-17(7-8-18(15)25(19)3)24-20(26)14-5-4-6-16(22)9-14/h4-11,13H,12H2,1-3H3,(H,23,27)(H,24,26). The van der Waals surface area contributed by atoms with E-state index < -0.39 is 5.82 Å². The number of halogens is 1. The first-order chi connectivity index (χ1) is 12.8. The van der Waals surface area contributed by atoms with Gasteiger partial charge in [-0.2, -0.15) is 0 Å². The maximum absolute atomic E-state index is 13.3. The van der Waals surface area contributed by atoms with E-state index in [0.29, 0.717) is 23.8 Å². The van der Waals surface area contributed by atoms with Crippen LogP contribution in [-0.4, -0.2) is 22.9 Å². The third-order valence-electron chi connectivity index (χ3n) is 4.29. The molecule has 3 rings (SSSR count). The van der Waals surface area contributed by atoms with E-state index in [4.69, 9.17) is 0 Å². The number of rotatable bonds is 5. The number of aromatic nitrogens is 1. The minimum absolute atomic E-state index is 0.132. The van der Waals surface area contributed by atoms with E-state index in [1.54, 1.807) is 24.3 Å². The van der Waals surface area contributed by atoms with E-state index in [1.165, 1.54) is 18.2 Å². The molecule has 2 aromatic carbocycles. The lowest BCUT2D eigenvalue weighted by Gasteiger charge is -2.08. The summed E-state index contributed by atoms with van der Waals surface area (Å²) in [6.07, 6.45) is 0. The van der Waals surface area contributed by atoms with Gasteiger partial charge in [0.25, 0.3) is 11.8 Å². The normalized spacial score (nSPS) is 11.0. The molecule has 0 aliphatic rings. The second-order valence-corrected chi connectivity index (χ2v) is 6.93. The van der Waals surface area contributed by atoms with Crippen molar-refractivity contribution >= 4 is 28.4 Å². The first-order valence-electron chi connectivity index (χ1n) is 8.79. The van der Waals surface area contributed by atoms with Gasteiger partial charge in [0.15, 0.2) is 0 Å². The SMILES string of the molecule is CC(C)CNC(=O)c1cc2cc(NC(=O)c3cccc(F)c3)ccc2n1C. The summed E-state index contributed by atoms with van der Waals surface area (Å²) in [6.45, 7) is 4.68. The van der Waals surface area contributed by atoms with Crippen LogP contribution in [0.4, 0.5) is 10.1 Å². The Kier molecular flexibility index (Phi) is 5.26. The number of benzene rings is 2. The Morgan fingerprint density at radius 1 is 1.07 bits per heavy atom. The Labute approximate surface area is 157 Å². The molecule has 1 heterocycles. The van der Waals surface area contributed by atoms with Crippen molar-refractivity contribution in [1.29, 1.82) is 0 Å². The van der Waals surface area contributed by atoms with Gasteiger partial charge in [0, 0.05) is 35.7 Å². The van der Waals surface area contributed by atoms with Crippen molar-refractivity contribution in [1.82, 2.24) is 9.88 Å². The molecule has 0 saturated carbocycles. The molecule has 5 nitrogen and oxygen atoms in total. The summed E-state index contributed by atoms with van der Waals surface area (Å²) in [5.74, 6) is -0.612. The van der Waals surface area contributed by atoms with Gasteiger partial charge in [-0.1, -0.05) is 19.9 Å². The van der Waals surface area contributed by atoms with Gasteiger partial charge in [0.2, 0.25) is 0 Å². The number of nitrogens with one attached hydrogen (secondary N) is 2. The van der Waals surface area contributed by atoms with Crippen LogP contribution in [0.25, 0.3) is 10.9 Å². The van der Waals surface area contributed by atoms with Crippen LogP contribution < -0.4 is 10.6 Å². The number of hydrogen-bond donors (Lipinski definition) is 2. The summed E-state index contributed by atoms with van der Waals surface area (Å²) in [7, 11) is 1.83. The monoisotopic (exact) mass is 367 g/mol. The summed E-state index contributed by atoms with van der Waals surface area (Å²) < 4.78 is 15.1. The molecular weight excluding hydrogens is 345 g/mol. The summed E-state index contributed by atoms with van der Waals surface area (Å²) in [4.78, 5) is 24.7. The smallest absolute Gasteiger partial charge is 0.267 e. The molecule has 0 aliphatic carbocycles. The van der Waals surface area contributed by atoms with Crippen molar-refractivity contribution in [2.24, 2.45) is 13.0 Å². The average Bonchev–Trinajstić information content (AvgIpc) is 2.96. The topological polar surface area (TPSA) is 63.1 Å². The maximum atomic E-state index is 13.3. The maximum Gasteiger partial charge on any atom is 0.267 e. The van der Waals surface area contributed by atoms with Gasteiger partial charge in [-0.05, 0) is 48.4 Å². The Morgan fingerprint density at radius 3 is 2.56 bits per heavy atom. The summed E-state index contributed by atoms with van der Waals surface area (Å²) in [5.41, 5.74) is 2.26. The highest BCUT2D eigenvalue weighted by molar-refractivity contribution is 6.05. The lowest BCUT2D eigenvalue weighted by molar-refractivity contribution is 0.0940. The van der Waals surface area contributed by atoms with E-state index in [0.717, 1.165) is 10.9 Å². The van der Waals surface area contributed by atoms with E-state index in [9.17, 15) is 14.0 Å². The average molecular weight is 367 g/mol. The third kappa shape index (κ3) is 4.16. The van der Waals surface area contributed by atoms with Crippen LogP contribution in [0.1, 0.15) is 34.7 Å². The molecule has 0 unspecified atom stereocenters. The van der Waals surface area contributed by atoms with Crippen LogP contribution in [-0.2, 0) is 7.05 Å². The van der Waals surface area contributed by atoms with Gasteiger partial charge in [-0.25, -0.2) is 4.39 Å². The number of hydrogen-bond acceptors (Lipinski definition) is 2. The number of nitrogens with zero attached hydrogens (tertiary/aromatic N) is 1. The van der Waals surface area contributed by atoms with Gasteiger partial charge in [0.1, 0.15) is 11.5 Å². The van der Waals surface area contributed by atoms with Crippen LogP contribution in [0.3, 0.4) is 0 Å². The number of anilines is 1. The molecule has 0 spiro atoms. The van der Waals surface area contributed by atoms with Crippen LogP contribution >= 0.6 is 0 Å². The lowest BCUT2D eigenvalue weighted by Crippen LogP contribution is -2.28. The zero-order valence-corrected chi connectivity index (χ0v) is 15.5. The minimum atomic E-state index is -0.460. The predicted octanol–water partition coefficient (Wildman–Crippen LogP) is 3.96. The highest BCUT2D eigenvalue weighted by atomic mass is 19.1. The van der Waals surface area contributed by atoms with E-state index in [1.807, 2.05) is 31.5 Å². The first kappa shape index (κ1) is 18.6. The quantitative estimate of drug-likeness (QED) is 0.717. The zero-order valence-electron chi connectivity index (χ0n) is 15.5. The Bertz CT molecular complexity index is 1010. The molecule has 3 aromatic rings. The molecule has 0 atom stereocenters. The van der Waals surface area contributed by atoms with Gasteiger partial charge in [-0.3, -0.25) is 9.59 Å². The Morgan fingerprint density at radius 2 is 1.85 bits per heavy atom. The molecule has 0 fully saturated rings. The van der Waals surface area contributed by atoms with Crippen molar-refractivity contribution in [3.05, 3.63) is 65.6 Å². The van der Waals surface area contributed by atoms with Crippen LogP contribution in [0.15, 0.2) is 48.5 Å². The van der Waals surface area contributed by atoms with Crippen LogP contribution in [0, 0.1) is 11.7 Å². The number of amides is 2. The second-order valence-electron chi connectivity index (χ2n) is 6.93. The second kappa shape index (κ2) is 7.61. The van der Waals surface area contributed by atoms with Crippen LogP contribution in [0.2, 0.25) is 0 Å². The Balaban J connectivity index is 1.83. The molecule has 1 aromatic heterocycles. The van der Waals surface area contributed by atoms with Crippen molar-refractivity contribution in [2.75, 3.05) is 11.9 Å². The van der Waals surface area contributed by atoms with Gasteiger partial charge in [0.05, 0.1) is 0 Å². The fourth-order valence-corrected chi connectivity index (χ4v) is 2.87. The molecule has 0 saturated heterocycles. The third-order valence-corrected chi connectivity index (χ3v) is 4.29. The highest BCUT2D eigenvalue weighted by Gasteiger charge is 2.14. The van der Waals surface area contributed by atoms with E-state index in [-0.39, 0.29) is 17.4 Å². The number of fused-ring (bicyclic) bond motifs is 1. The molecule has 0 bridgehead atoms. The number of aryl methyl sites for hydroxylation is 1. The zero-order chi connectivity index (χ0) is 19.6. The Hall–Kier alpha value is -3.15. The van der Waals surface area contributed by atoms with Crippen molar-refractivity contribution < 1.29 is 14.0 Å². The van der Waals surface area contributed by atoms with E-state index >= 15 is 0 Å². The summed E-state index contributed by atoms with van der Waals surface area (Å²) in [5, 5.41) is 6.51. The summed E-state index contributed by atoms with van der Waals surface area (Å²) >= 11 is 0. The van der Waals surface area contributed by atoms with Crippen LogP contribution in [0.5, 0.6) is 0 Å².